The Balaban J connectivity index is 1.53. The molecule has 11 nitrogen and oxygen atoms in total. The summed E-state index contributed by atoms with van der Waals surface area (Å²) in [6.07, 6.45) is 0.921. The molecule has 1 atom stereocenters. The van der Waals surface area contributed by atoms with E-state index < -0.39 is 23.3 Å². The van der Waals surface area contributed by atoms with E-state index in [-0.39, 0.29) is 32.7 Å². The smallest absolute Gasteiger partial charge is 0.390 e. The number of aromatic nitrogens is 2. The van der Waals surface area contributed by atoms with Gasteiger partial charge in [-0.15, -0.1) is 14.9 Å². The van der Waals surface area contributed by atoms with Crippen LogP contribution in [0.15, 0.2) is 71.6 Å². The maximum Gasteiger partial charge on any atom is 0.390 e. The quantitative estimate of drug-likeness (QED) is 0.231. The summed E-state index contributed by atoms with van der Waals surface area (Å²) in [7, 11) is -7.90. The number of rotatable bonds is 10. The van der Waals surface area contributed by atoms with Crippen LogP contribution >= 0.6 is 18.9 Å². The maximum atomic E-state index is 13.1. The number of benzene rings is 3. The molecule has 1 amide bonds. The van der Waals surface area contributed by atoms with Gasteiger partial charge in [0.05, 0.1) is 16.3 Å². The number of carbonyl (C=O) groups is 1. The Morgan fingerprint density at radius 2 is 1.65 bits per heavy atom. The number of ether oxygens (including phenoxy) is 2. The number of sulfone groups is 1. The van der Waals surface area contributed by atoms with Crippen LogP contribution < -0.4 is 20.1 Å². The zero-order valence-corrected chi connectivity index (χ0v) is 23.8. The Labute approximate surface area is 232 Å². The summed E-state index contributed by atoms with van der Waals surface area (Å²) in [5, 5.41) is 11.0. The number of amides is 1. The second kappa shape index (κ2) is 11.8. The van der Waals surface area contributed by atoms with E-state index in [0.717, 1.165) is 17.6 Å². The van der Waals surface area contributed by atoms with E-state index >= 15 is 0 Å². The Hall–Kier alpha value is -3.68. The maximum absolute atomic E-state index is 13.1. The van der Waals surface area contributed by atoms with Crippen LogP contribution in [0.2, 0.25) is 0 Å². The van der Waals surface area contributed by atoms with Gasteiger partial charge in [-0.1, -0.05) is 23.5 Å². The molecule has 0 fully saturated rings. The number of nitrogens with zero attached hydrogens (tertiary/aromatic N) is 2. The molecule has 0 spiro atoms. The van der Waals surface area contributed by atoms with Crippen LogP contribution in [0.3, 0.4) is 0 Å². The van der Waals surface area contributed by atoms with Crippen LogP contribution in [0.5, 0.6) is 17.2 Å². The molecule has 40 heavy (non-hydrogen) atoms. The standard InChI is InChI=1S/C25H23FN3O8PS2/c1-15(2)35-19-12-17(13-20(14-19)36-18-6-10-22(11-7-18)40(3,33)34)23(30)27-25-29-28-24(39-25)16-4-8-21(9-5-16)38(31,32)37-26/h4-15H,1-3H3,(H,31,32)(H,27,29,30). The summed E-state index contributed by atoms with van der Waals surface area (Å²) in [5.41, 5.74) is 0.720. The van der Waals surface area contributed by atoms with Crippen molar-refractivity contribution in [3.63, 3.8) is 0 Å². The molecular formula is C25H23FN3O8PS2. The second-order valence-electron chi connectivity index (χ2n) is 8.71. The van der Waals surface area contributed by atoms with Crippen LogP contribution in [0.1, 0.15) is 24.2 Å². The SMILES string of the molecule is CC(C)Oc1cc(Oc2ccc(S(C)(=O)=O)cc2)cc(C(=O)Nc2nnc(-c3ccc(P(=O)(O)OF)cc3)s2)c1. The molecule has 15 heteroatoms. The minimum Gasteiger partial charge on any atom is -0.491 e. The average molecular weight is 608 g/mol. The molecule has 1 heterocycles. The molecular weight excluding hydrogens is 584 g/mol. The number of anilines is 1. The highest BCUT2D eigenvalue weighted by atomic mass is 32.2. The van der Waals surface area contributed by atoms with Crippen molar-refractivity contribution >= 4 is 45.1 Å². The number of carbonyl (C=O) groups excluding carboxylic acids is 1. The van der Waals surface area contributed by atoms with Crippen molar-refractivity contribution in [3.8, 4) is 27.8 Å². The molecule has 3 aromatic carbocycles. The van der Waals surface area contributed by atoms with Crippen molar-refractivity contribution in [2.45, 2.75) is 24.8 Å². The first-order valence-corrected chi connectivity index (χ1v) is 15.8. The van der Waals surface area contributed by atoms with Gasteiger partial charge in [0.25, 0.3) is 5.91 Å². The lowest BCUT2D eigenvalue weighted by atomic mass is 10.2. The minimum atomic E-state index is -4.53. The fourth-order valence-electron chi connectivity index (χ4n) is 3.38. The summed E-state index contributed by atoms with van der Waals surface area (Å²) < 4.78 is 62.1. The largest absolute Gasteiger partial charge is 0.491 e. The lowest BCUT2D eigenvalue weighted by Crippen LogP contribution is -2.13. The fourth-order valence-corrected chi connectivity index (χ4v) is 5.36. The van der Waals surface area contributed by atoms with Crippen molar-refractivity contribution in [2.75, 3.05) is 11.6 Å². The molecule has 1 unspecified atom stereocenters. The van der Waals surface area contributed by atoms with Crippen LogP contribution in [0.25, 0.3) is 10.6 Å². The molecule has 1 aromatic heterocycles. The average Bonchev–Trinajstić information content (AvgIpc) is 3.36. The number of hydrogen-bond acceptors (Lipinski definition) is 10. The molecule has 2 N–H and O–H groups in total. The molecule has 0 radical (unpaired) electrons. The molecule has 4 aromatic rings. The van der Waals surface area contributed by atoms with Gasteiger partial charge >= 0.3 is 7.60 Å². The van der Waals surface area contributed by atoms with Crippen molar-refractivity contribution < 1.29 is 41.4 Å². The summed E-state index contributed by atoms with van der Waals surface area (Å²) in [6.45, 7) is 3.66. The van der Waals surface area contributed by atoms with Gasteiger partial charge in [-0.3, -0.25) is 14.7 Å². The van der Waals surface area contributed by atoms with Gasteiger partial charge in [0.1, 0.15) is 22.3 Å². The highest BCUT2D eigenvalue weighted by Gasteiger charge is 2.24. The van der Waals surface area contributed by atoms with Crippen LogP contribution in [-0.2, 0) is 19.1 Å². The van der Waals surface area contributed by atoms with E-state index in [0.29, 0.717) is 22.1 Å². The highest BCUT2D eigenvalue weighted by molar-refractivity contribution is 7.90. The highest BCUT2D eigenvalue weighted by Crippen LogP contribution is 2.41. The van der Waals surface area contributed by atoms with Crippen LogP contribution in [0, 0.1) is 0 Å². The van der Waals surface area contributed by atoms with Gasteiger partial charge in [0, 0.05) is 23.4 Å². The van der Waals surface area contributed by atoms with E-state index in [1.54, 1.807) is 6.07 Å². The van der Waals surface area contributed by atoms with E-state index in [2.05, 4.69) is 20.2 Å². The lowest BCUT2D eigenvalue weighted by molar-refractivity contribution is -0.0151. The summed E-state index contributed by atoms with van der Waals surface area (Å²) >= 11 is 1.05. The van der Waals surface area contributed by atoms with Gasteiger partial charge in [-0.25, -0.2) is 8.42 Å². The van der Waals surface area contributed by atoms with Gasteiger partial charge < -0.3 is 14.4 Å². The Morgan fingerprint density at radius 3 is 2.25 bits per heavy atom. The number of nitrogens with one attached hydrogen (secondary N) is 1. The van der Waals surface area contributed by atoms with E-state index in [1.165, 1.54) is 60.7 Å². The molecule has 0 bridgehead atoms. The first-order chi connectivity index (χ1) is 18.8. The van der Waals surface area contributed by atoms with Gasteiger partial charge in [-0.2, -0.15) is 0 Å². The Morgan fingerprint density at radius 1 is 1.00 bits per heavy atom. The third kappa shape index (κ3) is 7.29. The predicted octanol–water partition coefficient (Wildman–Crippen LogP) is 5.15. The molecule has 0 aliphatic heterocycles. The molecule has 0 saturated carbocycles. The third-order valence-electron chi connectivity index (χ3n) is 5.18. The lowest BCUT2D eigenvalue weighted by Gasteiger charge is -2.14. The van der Waals surface area contributed by atoms with Crippen molar-refractivity contribution in [3.05, 3.63) is 72.3 Å². The molecule has 4 rings (SSSR count). The third-order valence-corrected chi connectivity index (χ3v) is 8.34. The Kier molecular flexibility index (Phi) is 8.66. The minimum absolute atomic E-state index is 0.145. The van der Waals surface area contributed by atoms with Crippen LogP contribution in [0.4, 0.5) is 9.66 Å². The second-order valence-corrected chi connectivity index (χ2v) is 13.4. The first-order valence-electron chi connectivity index (χ1n) is 11.5. The van der Waals surface area contributed by atoms with Gasteiger partial charge in [-0.05, 0) is 66.9 Å². The van der Waals surface area contributed by atoms with E-state index in [4.69, 9.17) is 9.47 Å². The van der Waals surface area contributed by atoms with Crippen molar-refractivity contribution in [2.24, 2.45) is 0 Å². The normalized spacial score (nSPS) is 13.1. The zero-order chi connectivity index (χ0) is 29.1. The Bertz CT molecular complexity index is 1680. The monoisotopic (exact) mass is 607 g/mol. The fraction of sp³-hybridized carbons (Fsp3) is 0.160. The predicted molar refractivity (Wildman–Crippen MR) is 147 cm³/mol. The number of halogens is 1. The number of hydrogen-bond donors (Lipinski definition) is 2. The summed E-state index contributed by atoms with van der Waals surface area (Å²) in [4.78, 5) is 22.7. The summed E-state index contributed by atoms with van der Waals surface area (Å²) in [5.74, 6) is 0.496. The summed E-state index contributed by atoms with van der Waals surface area (Å²) in [6, 6.07) is 15.8. The van der Waals surface area contributed by atoms with Crippen molar-refractivity contribution in [1.29, 1.82) is 0 Å². The topological polar surface area (TPSA) is 154 Å². The van der Waals surface area contributed by atoms with Gasteiger partial charge in [0.2, 0.25) is 5.13 Å². The van der Waals surface area contributed by atoms with Crippen LogP contribution in [-0.4, -0.2) is 41.8 Å². The van der Waals surface area contributed by atoms with E-state index in [1.807, 2.05) is 13.8 Å². The molecule has 0 aliphatic rings. The zero-order valence-electron chi connectivity index (χ0n) is 21.3. The van der Waals surface area contributed by atoms with E-state index in [9.17, 15) is 27.2 Å². The molecule has 0 aliphatic carbocycles. The van der Waals surface area contributed by atoms with Gasteiger partial charge in [0.15, 0.2) is 9.84 Å². The molecule has 0 saturated heterocycles. The first kappa shape index (κ1) is 29.3. The molecule has 210 valence electrons. The van der Waals surface area contributed by atoms with Crippen molar-refractivity contribution in [1.82, 2.24) is 10.2 Å².